The second-order valence-electron chi connectivity index (χ2n) is 16.7. The Hall–Kier alpha value is -3.40. The van der Waals surface area contributed by atoms with Crippen molar-refractivity contribution >= 4 is 60.4 Å². The van der Waals surface area contributed by atoms with Gasteiger partial charge in [0.25, 0.3) is 0 Å². The largest absolute Gasteiger partial charge is 0.399 e. The molecule has 2 heterocycles. The first-order valence-corrected chi connectivity index (χ1v) is 20.2. The molecule has 2 aromatic heterocycles. The molecule has 0 aliphatic heterocycles. The highest BCUT2D eigenvalue weighted by Crippen LogP contribution is 2.43. The monoisotopic (exact) mass is 728 g/mol. The van der Waals surface area contributed by atoms with Crippen LogP contribution in [0, 0.1) is 41.5 Å². The number of hydrogen-bond donors (Lipinski definition) is 0. The fourth-order valence-corrected chi connectivity index (χ4v) is 9.56. The van der Waals surface area contributed by atoms with E-state index in [1.807, 2.05) is 13.8 Å². The predicted octanol–water partition coefficient (Wildman–Crippen LogP) is 14.1. The summed E-state index contributed by atoms with van der Waals surface area (Å²) in [7, 11) is -3.55. The van der Waals surface area contributed by atoms with Gasteiger partial charge in [-0.2, -0.15) is 0 Å². The van der Waals surface area contributed by atoms with E-state index in [1.54, 1.807) is 0 Å². The van der Waals surface area contributed by atoms with Crippen molar-refractivity contribution in [2.75, 3.05) is 0 Å². The van der Waals surface area contributed by atoms with Gasteiger partial charge in [-0.05, 0) is 124 Å². The van der Waals surface area contributed by atoms with E-state index in [1.165, 1.54) is 22.3 Å². The van der Waals surface area contributed by atoms with Crippen molar-refractivity contribution < 1.29 is 25.8 Å². The number of benzene rings is 4. The van der Waals surface area contributed by atoms with E-state index in [0.717, 1.165) is 66.1 Å². The number of fused-ring (bicyclic) bond motifs is 6. The molecule has 2 unspecified atom stereocenters. The Balaban J connectivity index is 1.40. The Kier molecular flexibility index (Phi) is 10.2. The maximum absolute atomic E-state index is 6.76. The van der Waals surface area contributed by atoms with Gasteiger partial charge in [-0.25, -0.2) is 0 Å². The molecule has 51 heavy (non-hydrogen) atoms. The van der Waals surface area contributed by atoms with E-state index >= 15 is 0 Å². The minimum Gasteiger partial charge on any atom is -0.399 e. The molecule has 0 aliphatic carbocycles. The summed E-state index contributed by atoms with van der Waals surface area (Å²) in [5.41, 5.74) is 12.1. The van der Waals surface area contributed by atoms with E-state index in [9.17, 15) is 0 Å². The molecule has 4 atom stereocenters. The van der Waals surface area contributed by atoms with Crippen molar-refractivity contribution in [3.05, 3.63) is 93.0 Å². The van der Waals surface area contributed by atoms with Crippen LogP contribution in [0.2, 0.25) is 0 Å². The maximum atomic E-state index is 6.76. The molecule has 0 N–H and O–H groups in total. The van der Waals surface area contributed by atoms with Crippen LogP contribution < -0.4 is 9.05 Å². The molecule has 0 aliphatic rings. The molecular formula is C43H54O6P2. The molecule has 0 fully saturated rings. The maximum Gasteiger partial charge on any atom is 0.387 e. The Labute approximate surface area is 304 Å². The second-order valence-corrected chi connectivity index (χ2v) is 18.7. The highest BCUT2D eigenvalue weighted by molar-refractivity contribution is 7.32. The summed E-state index contributed by atoms with van der Waals surface area (Å²) in [5, 5.41) is 4.16. The molecule has 0 radical (unpaired) electrons. The van der Waals surface area contributed by atoms with Crippen molar-refractivity contribution in [2.45, 2.75) is 126 Å². The molecule has 0 saturated heterocycles. The summed E-state index contributed by atoms with van der Waals surface area (Å²) in [6, 6.07) is 17.5. The molecule has 0 bridgehead atoms. The van der Waals surface area contributed by atoms with E-state index in [0.29, 0.717) is 6.42 Å². The van der Waals surface area contributed by atoms with Crippen LogP contribution in [-0.4, -0.2) is 12.2 Å². The Bertz CT molecular complexity index is 2200. The van der Waals surface area contributed by atoms with Crippen LogP contribution in [0.1, 0.15) is 106 Å². The molecule has 6 aromatic rings. The van der Waals surface area contributed by atoms with Gasteiger partial charge in [0.2, 0.25) is 0 Å². The molecular weight excluding hydrogens is 674 g/mol. The van der Waals surface area contributed by atoms with Crippen molar-refractivity contribution in [3.8, 4) is 0 Å². The average Bonchev–Trinajstić information content (AvgIpc) is 3.23. The summed E-state index contributed by atoms with van der Waals surface area (Å²) >= 11 is 0. The quantitative estimate of drug-likeness (QED) is 0.170. The molecule has 4 aromatic carbocycles. The molecule has 0 spiro atoms. The normalized spacial score (nSPS) is 14.5. The minimum atomic E-state index is -1.77. The summed E-state index contributed by atoms with van der Waals surface area (Å²) in [6.07, 6.45) is 0.0873. The third-order valence-corrected chi connectivity index (χ3v) is 11.8. The zero-order chi connectivity index (χ0) is 37.2. The molecule has 0 amide bonds. The lowest BCUT2D eigenvalue weighted by molar-refractivity contribution is 0.184. The van der Waals surface area contributed by atoms with Gasteiger partial charge in [0, 0.05) is 39.1 Å². The fourth-order valence-electron chi connectivity index (χ4n) is 7.08. The summed E-state index contributed by atoms with van der Waals surface area (Å²) in [5.74, 6) is 0. The van der Waals surface area contributed by atoms with Gasteiger partial charge in [0.05, 0.1) is 12.2 Å². The standard InChI is InChI=1S/C43H54O6P2/c1-24-15-28(5)38-32(17-24)34-19-26(3)21-36(42(9,10)11)40(34)48-50(46-38)44-30(7)23-31(8)45-51-47-39-29(6)16-25(2)18-33(39)35-20-27(4)22-37(41(35)49-51)43(12,13)14/h15-22,30-31H,23H2,1-14H3/t30-,31-,50?,51?/m1/s1. The summed E-state index contributed by atoms with van der Waals surface area (Å²) < 4.78 is 40.1. The highest BCUT2D eigenvalue weighted by Gasteiger charge is 2.25. The summed E-state index contributed by atoms with van der Waals surface area (Å²) in [6.45, 7) is 30.1. The highest BCUT2D eigenvalue weighted by atomic mass is 31.1. The first-order valence-electron chi connectivity index (χ1n) is 18.0. The molecule has 0 saturated carbocycles. The smallest absolute Gasteiger partial charge is 0.387 e. The Morgan fingerprint density at radius 1 is 0.471 bits per heavy atom. The Morgan fingerprint density at radius 2 is 0.765 bits per heavy atom. The lowest BCUT2D eigenvalue weighted by Crippen LogP contribution is -2.21. The van der Waals surface area contributed by atoms with Gasteiger partial charge in [-0.15, -0.1) is 0 Å². The van der Waals surface area contributed by atoms with Crippen LogP contribution in [0.15, 0.2) is 65.3 Å². The molecule has 8 heteroatoms. The molecule has 272 valence electrons. The van der Waals surface area contributed by atoms with Gasteiger partial charge in [0.15, 0.2) is 0 Å². The first kappa shape index (κ1) is 37.4. The lowest BCUT2D eigenvalue weighted by Gasteiger charge is -2.21. The second kappa shape index (κ2) is 13.9. The number of rotatable bonds is 6. The van der Waals surface area contributed by atoms with E-state index in [4.69, 9.17) is 25.8 Å². The third kappa shape index (κ3) is 7.86. The minimum absolute atomic E-state index is 0.144. The van der Waals surface area contributed by atoms with Gasteiger partial charge in [0.1, 0.15) is 22.3 Å². The van der Waals surface area contributed by atoms with Crippen LogP contribution in [0.3, 0.4) is 0 Å². The average molecular weight is 729 g/mol. The lowest BCUT2D eigenvalue weighted by atomic mass is 9.84. The van der Waals surface area contributed by atoms with Gasteiger partial charge in [-0.3, -0.25) is 9.05 Å². The fraction of sp³-hybridized carbons (Fsp3) is 0.442. The zero-order valence-electron chi connectivity index (χ0n) is 32.8. The van der Waals surface area contributed by atoms with Gasteiger partial charge in [-0.1, -0.05) is 65.8 Å². The van der Waals surface area contributed by atoms with E-state index < -0.39 is 16.5 Å². The van der Waals surface area contributed by atoms with Crippen LogP contribution in [0.25, 0.3) is 43.9 Å². The molecule has 6 nitrogen and oxygen atoms in total. The van der Waals surface area contributed by atoms with Gasteiger partial charge < -0.3 is 16.8 Å². The third-order valence-electron chi connectivity index (χ3n) is 9.36. The number of aryl methyl sites for hydroxylation is 6. The first-order chi connectivity index (χ1) is 23.8. The van der Waals surface area contributed by atoms with Crippen LogP contribution in [0.5, 0.6) is 0 Å². The Morgan fingerprint density at radius 3 is 1.10 bits per heavy atom. The van der Waals surface area contributed by atoms with Crippen LogP contribution in [0.4, 0.5) is 0 Å². The molecule has 6 rings (SSSR count). The van der Waals surface area contributed by atoms with Crippen LogP contribution >= 0.6 is 16.5 Å². The zero-order valence-corrected chi connectivity index (χ0v) is 34.6. The van der Waals surface area contributed by atoms with Crippen LogP contribution in [-0.2, 0) is 10.8 Å². The van der Waals surface area contributed by atoms with Crippen molar-refractivity contribution in [3.63, 3.8) is 0 Å². The topological polar surface area (TPSA) is 71.0 Å². The number of hydrogen-bond acceptors (Lipinski definition) is 6. The van der Waals surface area contributed by atoms with Crippen molar-refractivity contribution in [1.82, 2.24) is 0 Å². The van der Waals surface area contributed by atoms with Crippen molar-refractivity contribution in [2.24, 2.45) is 0 Å². The van der Waals surface area contributed by atoms with E-state index in [-0.39, 0.29) is 23.0 Å². The van der Waals surface area contributed by atoms with Crippen molar-refractivity contribution in [1.29, 1.82) is 0 Å². The van der Waals surface area contributed by atoms with Gasteiger partial charge >= 0.3 is 16.5 Å². The predicted molar refractivity (Wildman–Crippen MR) is 215 cm³/mol. The summed E-state index contributed by atoms with van der Waals surface area (Å²) in [4.78, 5) is 0. The SMILES string of the molecule is Cc1cc(C)c2op(O[C@H](C)C[C@@H](C)Op3oc4c(C)cc(C)cc4c4cc(C)cc(C(C)(C)C)c4o3)oc3c(C(C)(C)C)cc(C)cc3c2c1. The van der Waals surface area contributed by atoms with E-state index in [2.05, 4.69) is 132 Å².